The number of nitrogens with zero attached hydrogens (tertiary/aromatic N) is 3. The minimum atomic E-state index is 0.261. The molecule has 2 heterocycles. The van der Waals surface area contributed by atoms with Gasteiger partial charge in [-0.2, -0.15) is 9.64 Å². The first-order valence-corrected chi connectivity index (χ1v) is 7.56. The van der Waals surface area contributed by atoms with Crippen LogP contribution in [-0.2, 0) is 6.42 Å². The number of benzene rings is 1. The zero-order valence-electron chi connectivity index (χ0n) is 11.0. The summed E-state index contributed by atoms with van der Waals surface area (Å²) in [5.74, 6) is 0. The lowest BCUT2D eigenvalue weighted by atomic mass is 10.1. The molecular weight excluding hydrogens is 304 g/mol. The second-order valence-electron chi connectivity index (χ2n) is 4.46. The number of anilines is 1. The van der Waals surface area contributed by atoms with E-state index in [1.54, 1.807) is 6.20 Å². The summed E-state index contributed by atoms with van der Waals surface area (Å²) in [6, 6.07) is 12.2. The van der Waals surface area contributed by atoms with E-state index in [9.17, 15) is 0 Å². The number of hydrogen-bond acceptors (Lipinski definition) is 5. The maximum atomic E-state index is 9.03. The molecule has 0 radical (unpaired) electrons. The maximum Gasteiger partial charge on any atom is 0.162 e. The maximum absolute atomic E-state index is 9.03. The highest BCUT2D eigenvalue weighted by Crippen LogP contribution is 2.27. The Hall–Kier alpha value is -2.16. The zero-order valence-corrected chi connectivity index (χ0v) is 12.6. The molecule has 0 atom stereocenters. The Morgan fingerprint density at radius 2 is 2.14 bits per heavy atom. The summed E-state index contributed by atoms with van der Waals surface area (Å²) in [6.45, 7) is 0.697. The lowest BCUT2D eigenvalue weighted by Crippen LogP contribution is -2.05. The molecule has 0 saturated carbocycles. The quantitative estimate of drug-likeness (QED) is 0.794. The number of halogens is 1. The standard InChI is InChI=1S/C15H11ClN4S/c16-14-12(9-17)15(21-20-14)19-8-6-11-4-1-3-10-5-2-7-18-13(10)11/h1-5,7,19H,6,8H2. The SMILES string of the molecule is N#Cc1c(Cl)nsc1NCCc1cccc2cccnc12. The van der Waals surface area contributed by atoms with Crippen LogP contribution < -0.4 is 5.32 Å². The van der Waals surface area contributed by atoms with E-state index < -0.39 is 0 Å². The van der Waals surface area contributed by atoms with Gasteiger partial charge in [0.05, 0.1) is 5.52 Å². The summed E-state index contributed by atoms with van der Waals surface area (Å²) in [4.78, 5) is 4.43. The van der Waals surface area contributed by atoms with Gasteiger partial charge in [0.1, 0.15) is 16.6 Å². The van der Waals surface area contributed by atoms with Crippen molar-refractivity contribution >= 4 is 39.0 Å². The van der Waals surface area contributed by atoms with Crippen molar-refractivity contribution in [3.05, 3.63) is 52.8 Å². The molecule has 104 valence electrons. The molecular formula is C15H11ClN4S. The molecule has 0 fully saturated rings. The normalized spacial score (nSPS) is 10.5. The zero-order chi connectivity index (χ0) is 14.7. The van der Waals surface area contributed by atoms with Gasteiger partial charge in [-0.3, -0.25) is 4.98 Å². The predicted molar refractivity (Wildman–Crippen MR) is 85.8 cm³/mol. The first-order chi connectivity index (χ1) is 10.3. The van der Waals surface area contributed by atoms with Crippen molar-refractivity contribution in [1.82, 2.24) is 9.36 Å². The molecule has 3 rings (SSSR count). The molecule has 0 spiro atoms. The first kappa shape index (κ1) is 13.8. The Bertz CT molecular complexity index is 817. The van der Waals surface area contributed by atoms with Gasteiger partial charge in [0.2, 0.25) is 0 Å². The second-order valence-corrected chi connectivity index (χ2v) is 5.59. The smallest absolute Gasteiger partial charge is 0.162 e. The van der Waals surface area contributed by atoms with Crippen LogP contribution in [0.2, 0.25) is 5.15 Å². The molecule has 1 N–H and O–H groups in total. The summed E-state index contributed by atoms with van der Waals surface area (Å²) in [5, 5.41) is 14.4. The minimum absolute atomic E-state index is 0.261. The highest BCUT2D eigenvalue weighted by Gasteiger charge is 2.11. The number of rotatable bonds is 4. The molecule has 4 nitrogen and oxygen atoms in total. The van der Waals surface area contributed by atoms with E-state index in [0.29, 0.717) is 12.1 Å². The van der Waals surface area contributed by atoms with Crippen LogP contribution in [0.5, 0.6) is 0 Å². The predicted octanol–water partition coefficient (Wildman–Crippen LogP) is 3.87. The summed E-state index contributed by atoms with van der Waals surface area (Å²) in [5.41, 5.74) is 2.61. The summed E-state index contributed by atoms with van der Waals surface area (Å²) in [7, 11) is 0. The number of aromatic nitrogens is 2. The molecule has 2 aromatic heterocycles. The molecule has 1 aromatic carbocycles. The van der Waals surface area contributed by atoms with Crippen LogP contribution in [0.4, 0.5) is 5.00 Å². The molecule has 21 heavy (non-hydrogen) atoms. The lowest BCUT2D eigenvalue weighted by molar-refractivity contribution is 1.03. The molecule has 0 saturated heterocycles. The third-order valence-corrected chi connectivity index (χ3v) is 4.34. The van der Waals surface area contributed by atoms with E-state index in [1.165, 1.54) is 17.1 Å². The Labute approximate surface area is 131 Å². The van der Waals surface area contributed by atoms with E-state index in [0.717, 1.165) is 22.3 Å². The van der Waals surface area contributed by atoms with E-state index in [2.05, 4.69) is 38.9 Å². The number of para-hydroxylation sites is 1. The fraction of sp³-hybridized carbons (Fsp3) is 0.133. The first-order valence-electron chi connectivity index (χ1n) is 6.41. The van der Waals surface area contributed by atoms with Gasteiger partial charge in [0.25, 0.3) is 0 Å². The molecule has 0 aliphatic carbocycles. The fourth-order valence-electron chi connectivity index (χ4n) is 2.17. The van der Waals surface area contributed by atoms with Gasteiger partial charge in [0.15, 0.2) is 5.15 Å². The average Bonchev–Trinajstić information content (AvgIpc) is 2.87. The Kier molecular flexibility index (Phi) is 4.00. The summed E-state index contributed by atoms with van der Waals surface area (Å²) >= 11 is 7.05. The average molecular weight is 315 g/mol. The van der Waals surface area contributed by atoms with Crippen LogP contribution in [0.25, 0.3) is 10.9 Å². The molecule has 3 aromatic rings. The van der Waals surface area contributed by atoms with Crippen LogP contribution in [0.15, 0.2) is 36.5 Å². The number of nitrogens with one attached hydrogen (secondary N) is 1. The van der Waals surface area contributed by atoms with Crippen LogP contribution in [-0.4, -0.2) is 15.9 Å². The van der Waals surface area contributed by atoms with Crippen LogP contribution >= 0.6 is 23.1 Å². The number of hydrogen-bond donors (Lipinski definition) is 1. The van der Waals surface area contributed by atoms with Crippen molar-refractivity contribution in [3.8, 4) is 6.07 Å². The number of nitriles is 1. The minimum Gasteiger partial charge on any atom is -0.374 e. The molecule has 0 amide bonds. The molecule has 0 unspecified atom stereocenters. The van der Waals surface area contributed by atoms with E-state index in [4.69, 9.17) is 16.9 Å². The van der Waals surface area contributed by atoms with Crippen molar-refractivity contribution in [2.45, 2.75) is 6.42 Å². The van der Waals surface area contributed by atoms with Crippen LogP contribution in [0, 0.1) is 11.3 Å². The van der Waals surface area contributed by atoms with E-state index in [-0.39, 0.29) is 5.15 Å². The van der Waals surface area contributed by atoms with Crippen molar-refractivity contribution in [2.75, 3.05) is 11.9 Å². The van der Waals surface area contributed by atoms with Crippen molar-refractivity contribution in [3.63, 3.8) is 0 Å². The number of pyridine rings is 1. The topological polar surface area (TPSA) is 61.6 Å². The molecule has 0 aliphatic rings. The lowest BCUT2D eigenvalue weighted by Gasteiger charge is -2.06. The Morgan fingerprint density at radius 3 is 3.00 bits per heavy atom. The van der Waals surface area contributed by atoms with Gasteiger partial charge >= 0.3 is 0 Å². The second kappa shape index (κ2) is 6.08. The highest BCUT2D eigenvalue weighted by molar-refractivity contribution is 7.10. The molecule has 6 heteroatoms. The van der Waals surface area contributed by atoms with Gasteiger partial charge in [-0.05, 0) is 29.6 Å². The molecule has 0 bridgehead atoms. The van der Waals surface area contributed by atoms with Crippen LogP contribution in [0.3, 0.4) is 0 Å². The fourth-order valence-corrected chi connectivity index (χ4v) is 3.13. The number of fused-ring (bicyclic) bond motifs is 1. The third kappa shape index (κ3) is 2.82. The highest BCUT2D eigenvalue weighted by atomic mass is 35.5. The van der Waals surface area contributed by atoms with Crippen molar-refractivity contribution in [2.24, 2.45) is 0 Å². The Morgan fingerprint density at radius 1 is 1.29 bits per heavy atom. The van der Waals surface area contributed by atoms with Crippen LogP contribution in [0.1, 0.15) is 11.1 Å². The van der Waals surface area contributed by atoms with Gasteiger partial charge in [-0.15, -0.1) is 0 Å². The van der Waals surface area contributed by atoms with Gasteiger partial charge in [-0.25, -0.2) is 0 Å². The van der Waals surface area contributed by atoms with E-state index in [1.807, 2.05) is 12.1 Å². The van der Waals surface area contributed by atoms with E-state index >= 15 is 0 Å². The van der Waals surface area contributed by atoms with Crippen molar-refractivity contribution < 1.29 is 0 Å². The summed E-state index contributed by atoms with van der Waals surface area (Å²) in [6.07, 6.45) is 2.62. The van der Waals surface area contributed by atoms with Gasteiger partial charge < -0.3 is 5.32 Å². The Balaban J connectivity index is 1.74. The van der Waals surface area contributed by atoms with Gasteiger partial charge in [-0.1, -0.05) is 35.9 Å². The monoisotopic (exact) mass is 314 g/mol. The summed E-state index contributed by atoms with van der Waals surface area (Å²) < 4.78 is 3.97. The third-order valence-electron chi connectivity index (χ3n) is 3.16. The van der Waals surface area contributed by atoms with Gasteiger partial charge in [0, 0.05) is 18.1 Å². The van der Waals surface area contributed by atoms with Crippen molar-refractivity contribution in [1.29, 1.82) is 5.26 Å². The molecule has 0 aliphatic heterocycles. The largest absolute Gasteiger partial charge is 0.374 e.